The lowest BCUT2D eigenvalue weighted by molar-refractivity contribution is 0.102. The van der Waals surface area contributed by atoms with Gasteiger partial charge < -0.3 is 15.6 Å². The lowest BCUT2D eigenvalue weighted by Gasteiger charge is -2.04. The topological polar surface area (TPSA) is 99.0 Å². The fourth-order valence-electron chi connectivity index (χ4n) is 1.30. The van der Waals surface area contributed by atoms with Crippen molar-refractivity contribution in [2.24, 2.45) is 7.05 Å². The van der Waals surface area contributed by atoms with Crippen LogP contribution in [0.3, 0.4) is 0 Å². The van der Waals surface area contributed by atoms with Crippen LogP contribution in [0, 0.1) is 6.92 Å². The van der Waals surface area contributed by atoms with Crippen molar-refractivity contribution in [1.82, 2.24) is 14.9 Å². The Morgan fingerprint density at radius 1 is 1.56 bits per heavy atom. The average Bonchev–Trinajstić information content (AvgIpc) is 2.79. The van der Waals surface area contributed by atoms with Crippen molar-refractivity contribution in [2.45, 2.75) is 6.92 Å². The number of amides is 1. The van der Waals surface area contributed by atoms with Crippen molar-refractivity contribution >= 4 is 17.4 Å². The molecular formula is C9H11N5O2. The quantitative estimate of drug-likeness (QED) is 0.771. The highest BCUT2D eigenvalue weighted by Crippen LogP contribution is 2.17. The normalized spacial score (nSPS) is 10.4. The van der Waals surface area contributed by atoms with Crippen LogP contribution in [0.5, 0.6) is 0 Å². The third kappa shape index (κ3) is 1.62. The number of anilines is 2. The third-order valence-corrected chi connectivity index (χ3v) is 2.19. The van der Waals surface area contributed by atoms with E-state index in [2.05, 4.69) is 15.6 Å². The standard InChI is InChI=1S/C9H11N5O2/c1-5-6(3-12-16-5)9(15)13-8-7(10)4-11-14(8)2/h3-4H,10H2,1-2H3,(H,13,15). The molecule has 0 aliphatic rings. The molecular weight excluding hydrogens is 210 g/mol. The van der Waals surface area contributed by atoms with Gasteiger partial charge in [-0.2, -0.15) is 5.10 Å². The predicted octanol–water partition coefficient (Wildman–Crippen LogP) is 0.551. The first kappa shape index (κ1) is 10.2. The fourth-order valence-corrected chi connectivity index (χ4v) is 1.30. The van der Waals surface area contributed by atoms with Gasteiger partial charge in [-0.1, -0.05) is 5.16 Å². The minimum absolute atomic E-state index is 0.325. The van der Waals surface area contributed by atoms with Gasteiger partial charge >= 0.3 is 0 Å². The molecule has 0 radical (unpaired) electrons. The van der Waals surface area contributed by atoms with E-state index < -0.39 is 0 Å². The van der Waals surface area contributed by atoms with Gasteiger partial charge in [0.1, 0.15) is 11.3 Å². The molecule has 0 bridgehead atoms. The van der Waals surface area contributed by atoms with E-state index in [9.17, 15) is 4.79 Å². The van der Waals surface area contributed by atoms with Crippen LogP contribution in [0.25, 0.3) is 0 Å². The summed E-state index contributed by atoms with van der Waals surface area (Å²) in [5.74, 6) is 0.581. The Kier molecular flexibility index (Phi) is 2.35. The molecule has 1 amide bonds. The minimum atomic E-state index is -0.325. The van der Waals surface area contributed by atoms with Crippen molar-refractivity contribution in [2.75, 3.05) is 11.1 Å². The summed E-state index contributed by atoms with van der Waals surface area (Å²) in [7, 11) is 1.69. The molecule has 0 spiro atoms. The van der Waals surface area contributed by atoms with Crippen LogP contribution < -0.4 is 11.1 Å². The first-order valence-corrected chi connectivity index (χ1v) is 4.59. The molecule has 0 saturated heterocycles. The van der Waals surface area contributed by atoms with Crippen molar-refractivity contribution in [3.8, 4) is 0 Å². The number of nitrogen functional groups attached to an aromatic ring is 1. The molecule has 2 aromatic rings. The maximum atomic E-state index is 11.8. The summed E-state index contributed by atoms with van der Waals surface area (Å²) in [5, 5.41) is 10.1. The molecule has 84 valence electrons. The van der Waals surface area contributed by atoms with Crippen molar-refractivity contribution in [3.63, 3.8) is 0 Å². The maximum Gasteiger partial charge on any atom is 0.262 e. The summed E-state index contributed by atoms with van der Waals surface area (Å²) in [4.78, 5) is 11.8. The Morgan fingerprint density at radius 2 is 2.31 bits per heavy atom. The van der Waals surface area contributed by atoms with Gasteiger partial charge in [0, 0.05) is 7.05 Å². The first-order chi connectivity index (χ1) is 7.59. The highest BCUT2D eigenvalue weighted by Gasteiger charge is 2.15. The monoisotopic (exact) mass is 221 g/mol. The number of hydrogen-bond donors (Lipinski definition) is 2. The van der Waals surface area contributed by atoms with Crippen LogP contribution in [-0.2, 0) is 7.05 Å². The lowest BCUT2D eigenvalue weighted by Crippen LogP contribution is -2.15. The van der Waals surface area contributed by atoms with E-state index in [-0.39, 0.29) is 5.91 Å². The summed E-state index contributed by atoms with van der Waals surface area (Å²) in [6, 6.07) is 0. The lowest BCUT2D eigenvalue weighted by atomic mass is 10.2. The van der Waals surface area contributed by atoms with Crippen LogP contribution in [0.2, 0.25) is 0 Å². The van der Waals surface area contributed by atoms with Gasteiger partial charge in [0.15, 0.2) is 5.82 Å². The van der Waals surface area contributed by atoms with Crippen LogP contribution in [0.1, 0.15) is 16.1 Å². The Balaban J connectivity index is 2.24. The van der Waals surface area contributed by atoms with Crippen molar-refractivity contribution < 1.29 is 9.32 Å². The zero-order valence-corrected chi connectivity index (χ0v) is 8.89. The minimum Gasteiger partial charge on any atom is -0.394 e. The van der Waals surface area contributed by atoms with Crippen LogP contribution in [0.15, 0.2) is 16.9 Å². The van der Waals surface area contributed by atoms with E-state index >= 15 is 0 Å². The maximum absolute atomic E-state index is 11.8. The summed E-state index contributed by atoms with van der Waals surface area (Å²) in [6.45, 7) is 1.66. The number of aryl methyl sites for hydroxylation is 2. The second-order valence-corrected chi connectivity index (χ2v) is 3.32. The number of carbonyl (C=O) groups is 1. The first-order valence-electron chi connectivity index (χ1n) is 4.59. The highest BCUT2D eigenvalue weighted by atomic mass is 16.5. The van der Waals surface area contributed by atoms with E-state index in [4.69, 9.17) is 10.3 Å². The molecule has 7 heteroatoms. The summed E-state index contributed by atoms with van der Waals surface area (Å²) in [6.07, 6.45) is 2.83. The largest absolute Gasteiger partial charge is 0.394 e. The molecule has 3 N–H and O–H groups in total. The molecule has 0 fully saturated rings. The van der Waals surface area contributed by atoms with E-state index in [0.717, 1.165) is 0 Å². The van der Waals surface area contributed by atoms with Crippen LogP contribution >= 0.6 is 0 Å². The Morgan fingerprint density at radius 3 is 2.81 bits per heavy atom. The Labute approximate surface area is 91.2 Å². The zero-order valence-electron chi connectivity index (χ0n) is 8.89. The van der Waals surface area contributed by atoms with Gasteiger partial charge in [-0.25, -0.2) is 0 Å². The molecule has 2 rings (SSSR count). The number of nitrogens with two attached hydrogens (primary N) is 1. The number of aromatic nitrogens is 3. The molecule has 0 aliphatic carbocycles. The number of hydrogen-bond acceptors (Lipinski definition) is 5. The van der Waals surface area contributed by atoms with Crippen molar-refractivity contribution in [1.29, 1.82) is 0 Å². The van der Waals surface area contributed by atoms with Crippen LogP contribution in [0.4, 0.5) is 11.5 Å². The molecule has 7 nitrogen and oxygen atoms in total. The average molecular weight is 221 g/mol. The van der Waals surface area contributed by atoms with E-state index in [1.807, 2.05) is 0 Å². The third-order valence-electron chi connectivity index (χ3n) is 2.19. The van der Waals surface area contributed by atoms with Gasteiger partial charge in [0.2, 0.25) is 0 Å². The smallest absolute Gasteiger partial charge is 0.262 e. The molecule has 0 aliphatic heterocycles. The van der Waals surface area contributed by atoms with Gasteiger partial charge in [-0.3, -0.25) is 9.48 Å². The van der Waals surface area contributed by atoms with Gasteiger partial charge in [0.25, 0.3) is 5.91 Å². The molecule has 0 saturated carbocycles. The van der Waals surface area contributed by atoms with E-state index in [0.29, 0.717) is 22.8 Å². The molecule has 0 unspecified atom stereocenters. The van der Waals surface area contributed by atoms with Gasteiger partial charge in [-0.05, 0) is 6.92 Å². The predicted molar refractivity (Wildman–Crippen MR) is 56.8 cm³/mol. The molecule has 2 aromatic heterocycles. The summed E-state index contributed by atoms with van der Waals surface area (Å²) >= 11 is 0. The van der Waals surface area contributed by atoms with Gasteiger partial charge in [0.05, 0.1) is 18.1 Å². The molecule has 16 heavy (non-hydrogen) atoms. The van der Waals surface area contributed by atoms with E-state index in [1.54, 1.807) is 14.0 Å². The molecule has 2 heterocycles. The number of nitrogens with zero attached hydrogens (tertiary/aromatic N) is 3. The second kappa shape index (κ2) is 3.69. The fraction of sp³-hybridized carbons (Fsp3) is 0.222. The summed E-state index contributed by atoms with van der Waals surface area (Å²) in [5.41, 5.74) is 6.43. The molecule has 0 aromatic carbocycles. The molecule has 0 atom stereocenters. The summed E-state index contributed by atoms with van der Waals surface area (Å²) < 4.78 is 6.28. The van der Waals surface area contributed by atoms with E-state index in [1.165, 1.54) is 17.1 Å². The Hall–Kier alpha value is -2.31. The SMILES string of the molecule is Cc1oncc1C(=O)Nc1c(N)cnn1C. The highest BCUT2D eigenvalue weighted by molar-refractivity contribution is 6.05. The number of nitrogens with one attached hydrogen (secondary N) is 1. The van der Waals surface area contributed by atoms with Crippen LogP contribution in [-0.4, -0.2) is 20.8 Å². The van der Waals surface area contributed by atoms with Gasteiger partial charge in [-0.15, -0.1) is 0 Å². The van der Waals surface area contributed by atoms with Crippen molar-refractivity contribution in [3.05, 3.63) is 23.7 Å². The number of rotatable bonds is 2. The number of carbonyl (C=O) groups excluding carboxylic acids is 1. The second-order valence-electron chi connectivity index (χ2n) is 3.32. The Bertz CT molecular complexity index is 508. The zero-order chi connectivity index (χ0) is 11.7.